The maximum absolute atomic E-state index is 11.8. The highest BCUT2D eigenvalue weighted by atomic mass is 79.9. The van der Waals surface area contributed by atoms with Gasteiger partial charge in [0.1, 0.15) is 0 Å². The van der Waals surface area contributed by atoms with Crippen LogP contribution in [-0.2, 0) is 30.9 Å². The first-order valence-corrected chi connectivity index (χ1v) is 11.9. The molecule has 0 fully saturated rings. The predicted octanol–water partition coefficient (Wildman–Crippen LogP) is 4.60. The van der Waals surface area contributed by atoms with Crippen molar-refractivity contribution in [3.8, 4) is 0 Å². The first kappa shape index (κ1) is 29.2. The summed E-state index contributed by atoms with van der Waals surface area (Å²) in [5.74, 6) is -0.777. The van der Waals surface area contributed by atoms with Crippen LogP contribution in [0, 0.1) is 0 Å². The maximum atomic E-state index is 11.8. The van der Waals surface area contributed by atoms with Gasteiger partial charge in [0.2, 0.25) is 0 Å². The van der Waals surface area contributed by atoms with E-state index in [1.807, 2.05) is 38.4 Å². The first-order chi connectivity index (χ1) is 16.2. The van der Waals surface area contributed by atoms with Crippen molar-refractivity contribution < 1.29 is 28.7 Å². The first-order valence-electron chi connectivity index (χ1n) is 10.8. The van der Waals surface area contributed by atoms with Gasteiger partial charge in [-0.2, -0.15) is 0 Å². The van der Waals surface area contributed by atoms with E-state index >= 15 is 0 Å². The fraction of sp³-hybridized carbons (Fsp3) is 0.385. The zero-order valence-electron chi connectivity index (χ0n) is 20.1. The van der Waals surface area contributed by atoms with Crippen LogP contribution in [0.3, 0.4) is 0 Å². The van der Waals surface area contributed by atoms with E-state index < -0.39 is 0 Å². The van der Waals surface area contributed by atoms with E-state index in [0.29, 0.717) is 11.1 Å². The van der Waals surface area contributed by atoms with Crippen LogP contribution >= 0.6 is 15.9 Å². The van der Waals surface area contributed by atoms with Crippen molar-refractivity contribution in [3.05, 3.63) is 70.8 Å². The minimum Gasteiger partial charge on any atom is -0.469 e. The molecule has 0 aliphatic carbocycles. The molecule has 8 heteroatoms. The molecule has 2 aromatic rings. The number of hydrogen-bond acceptors (Lipinski definition) is 7. The lowest BCUT2D eigenvalue weighted by Crippen LogP contribution is -2.11. The summed E-state index contributed by atoms with van der Waals surface area (Å²) in [7, 11) is 6.63. The Hall–Kier alpha value is -2.84. The van der Waals surface area contributed by atoms with Gasteiger partial charge in [-0.25, -0.2) is 0 Å². The predicted molar refractivity (Wildman–Crippen MR) is 134 cm³/mol. The number of nitrogens with zero attached hydrogens (tertiary/aromatic N) is 1. The number of ketones is 2. The molecule has 2 aromatic carbocycles. The van der Waals surface area contributed by atoms with E-state index in [4.69, 9.17) is 0 Å². The second-order valence-corrected chi connectivity index (χ2v) is 8.32. The SMILES string of the molecule is COC(=O)CCC(=O)c1ccc(CBr)cc1.COC(=O)CCC(=O)c1ccc(CN(C)C)cc1. The number of alkyl halides is 1. The summed E-state index contributed by atoms with van der Waals surface area (Å²) in [4.78, 5) is 47.3. The van der Waals surface area contributed by atoms with E-state index in [1.54, 1.807) is 24.3 Å². The second kappa shape index (κ2) is 15.9. The van der Waals surface area contributed by atoms with E-state index in [9.17, 15) is 19.2 Å². The average Bonchev–Trinajstić information content (AvgIpc) is 2.85. The van der Waals surface area contributed by atoms with Gasteiger partial charge in [-0.3, -0.25) is 19.2 Å². The van der Waals surface area contributed by atoms with Crippen molar-refractivity contribution >= 4 is 39.4 Å². The van der Waals surface area contributed by atoms with Crippen LogP contribution in [0.25, 0.3) is 0 Å². The normalized spacial score (nSPS) is 10.2. The molecule has 184 valence electrons. The quantitative estimate of drug-likeness (QED) is 0.237. The molecule has 0 saturated carbocycles. The zero-order chi connectivity index (χ0) is 25.5. The van der Waals surface area contributed by atoms with Crippen LogP contribution in [-0.4, -0.2) is 56.7 Å². The number of methoxy groups -OCH3 is 2. The number of carbonyl (C=O) groups excluding carboxylic acids is 4. The Kier molecular flexibility index (Phi) is 13.7. The molecule has 2 rings (SSSR count). The molecular weight excluding hydrogens is 502 g/mol. The number of rotatable bonds is 11. The Morgan fingerprint density at radius 1 is 0.676 bits per heavy atom. The second-order valence-electron chi connectivity index (χ2n) is 7.76. The molecule has 7 nitrogen and oxygen atoms in total. The van der Waals surface area contributed by atoms with Gasteiger partial charge in [-0.1, -0.05) is 64.5 Å². The third-order valence-corrected chi connectivity index (χ3v) is 5.42. The summed E-state index contributed by atoms with van der Waals surface area (Å²) in [6.45, 7) is 0.844. The molecule has 0 radical (unpaired) electrons. The molecule has 0 aliphatic rings. The van der Waals surface area contributed by atoms with E-state index in [1.165, 1.54) is 14.2 Å². The van der Waals surface area contributed by atoms with Crippen molar-refractivity contribution in [2.24, 2.45) is 0 Å². The average molecular weight is 534 g/mol. The fourth-order valence-corrected chi connectivity index (χ4v) is 3.24. The Morgan fingerprint density at radius 3 is 1.38 bits per heavy atom. The lowest BCUT2D eigenvalue weighted by atomic mass is 10.0. The van der Waals surface area contributed by atoms with Gasteiger partial charge < -0.3 is 14.4 Å². The molecule has 0 spiro atoms. The van der Waals surface area contributed by atoms with Crippen molar-refractivity contribution in [1.82, 2.24) is 4.90 Å². The lowest BCUT2D eigenvalue weighted by molar-refractivity contribution is -0.141. The van der Waals surface area contributed by atoms with Crippen LogP contribution in [0.1, 0.15) is 57.5 Å². The van der Waals surface area contributed by atoms with Crippen LogP contribution in [0.4, 0.5) is 0 Å². The van der Waals surface area contributed by atoms with E-state index in [-0.39, 0.29) is 49.2 Å². The number of benzene rings is 2. The van der Waals surface area contributed by atoms with Gasteiger partial charge in [0.05, 0.1) is 27.1 Å². The Morgan fingerprint density at radius 2 is 1.06 bits per heavy atom. The molecule has 0 unspecified atom stereocenters. The van der Waals surface area contributed by atoms with Gasteiger partial charge in [0, 0.05) is 35.8 Å². The molecule has 0 bridgehead atoms. The third-order valence-electron chi connectivity index (χ3n) is 4.77. The minimum absolute atomic E-state index is 0.0307. The van der Waals surface area contributed by atoms with Gasteiger partial charge in [0.15, 0.2) is 11.6 Å². The fourth-order valence-electron chi connectivity index (χ4n) is 2.86. The van der Waals surface area contributed by atoms with Gasteiger partial charge >= 0.3 is 11.9 Å². The van der Waals surface area contributed by atoms with Crippen LogP contribution in [0.2, 0.25) is 0 Å². The highest BCUT2D eigenvalue weighted by Gasteiger charge is 2.10. The molecule has 0 aliphatic heterocycles. The summed E-state index contributed by atoms with van der Waals surface area (Å²) in [5.41, 5.74) is 3.55. The molecule has 0 aromatic heterocycles. The maximum Gasteiger partial charge on any atom is 0.305 e. The number of carbonyl (C=O) groups is 4. The molecular formula is C26H32BrNO6. The van der Waals surface area contributed by atoms with Crippen LogP contribution < -0.4 is 0 Å². The highest BCUT2D eigenvalue weighted by molar-refractivity contribution is 9.08. The van der Waals surface area contributed by atoms with Gasteiger partial charge in [0.25, 0.3) is 0 Å². The summed E-state index contributed by atoms with van der Waals surface area (Å²) in [6.07, 6.45) is 0.657. The monoisotopic (exact) mass is 533 g/mol. The number of ether oxygens (including phenoxy) is 2. The molecule has 0 atom stereocenters. The zero-order valence-corrected chi connectivity index (χ0v) is 21.7. The number of Topliss-reactive ketones (excluding diaryl/α,β-unsaturated/α-hetero) is 2. The number of halogens is 1. The minimum atomic E-state index is -0.356. The highest BCUT2D eigenvalue weighted by Crippen LogP contribution is 2.11. The Labute approximate surface area is 209 Å². The molecule has 34 heavy (non-hydrogen) atoms. The summed E-state index contributed by atoms with van der Waals surface area (Å²) >= 11 is 3.33. The summed E-state index contributed by atoms with van der Waals surface area (Å²) in [6, 6.07) is 14.8. The van der Waals surface area contributed by atoms with Crippen molar-refractivity contribution in [3.63, 3.8) is 0 Å². The molecule has 0 amide bonds. The van der Waals surface area contributed by atoms with Crippen molar-refractivity contribution in [1.29, 1.82) is 0 Å². The van der Waals surface area contributed by atoms with Crippen LogP contribution in [0.15, 0.2) is 48.5 Å². The topological polar surface area (TPSA) is 90.0 Å². The summed E-state index contributed by atoms with van der Waals surface area (Å²) < 4.78 is 8.98. The Balaban J connectivity index is 0.000000342. The van der Waals surface area contributed by atoms with E-state index in [0.717, 1.165) is 23.0 Å². The van der Waals surface area contributed by atoms with Gasteiger partial charge in [-0.05, 0) is 25.2 Å². The lowest BCUT2D eigenvalue weighted by Gasteiger charge is -2.09. The van der Waals surface area contributed by atoms with Crippen LogP contribution in [0.5, 0.6) is 0 Å². The van der Waals surface area contributed by atoms with Crippen molar-refractivity contribution in [2.45, 2.75) is 37.6 Å². The number of hydrogen-bond donors (Lipinski definition) is 0. The van der Waals surface area contributed by atoms with Gasteiger partial charge in [-0.15, -0.1) is 0 Å². The molecule has 0 saturated heterocycles. The standard InChI is InChI=1S/C14H19NO3.C12H13BrO3/c1-15(2)10-11-4-6-12(7-5-11)13(16)8-9-14(17)18-3;1-16-12(15)7-6-11(14)10-4-2-9(8-13)3-5-10/h4-7H,8-10H2,1-3H3;2-5H,6-8H2,1H3. The third kappa shape index (κ3) is 11.3. The largest absolute Gasteiger partial charge is 0.469 e. The van der Waals surface area contributed by atoms with Crippen molar-refractivity contribution in [2.75, 3.05) is 28.3 Å². The smallest absolute Gasteiger partial charge is 0.305 e. The Bertz CT molecular complexity index is 939. The molecule has 0 N–H and O–H groups in total. The number of esters is 2. The molecule has 0 heterocycles. The summed E-state index contributed by atoms with van der Waals surface area (Å²) in [5, 5.41) is 0.767. The van der Waals surface area contributed by atoms with E-state index in [2.05, 4.69) is 30.3 Å².